The molecule has 0 unspecified atom stereocenters. The van der Waals surface area contributed by atoms with Gasteiger partial charge < -0.3 is 0 Å². The molecule has 0 bridgehead atoms. The zero-order valence-electron chi connectivity index (χ0n) is 15.5. The number of rotatable bonds is 6. The molecule has 0 radical (unpaired) electrons. The monoisotopic (exact) mass is 272 g/mol. The van der Waals surface area contributed by atoms with Gasteiger partial charge in [0, 0.05) is 0 Å². The van der Waals surface area contributed by atoms with Crippen molar-refractivity contribution < 1.29 is 0 Å². The fourth-order valence-corrected chi connectivity index (χ4v) is 1.03. The van der Waals surface area contributed by atoms with E-state index >= 15 is 0 Å². The molecular weight excluding hydrogens is 228 g/mol. The Labute approximate surface area is 126 Å². The van der Waals surface area contributed by atoms with Gasteiger partial charge in [0.15, 0.2) is 0 Å². The highest BCUT2D eigenvalue weighted by Crippen LogP contribution is 2.05. The van der Waals surface area contributed by atoms with Crippen molar-refractivity contribution >= 4 is 0 Å². The third kappa shape index (κ3) is 133. The highest BCUT2D eigenvalue weighted by molar-refractivity contribution is 4.41. The molecule has 0 nitrogen and oxygen atoms in total. The van der Waals surface area contributed by atoms with Crippen LogP contribution in [0.5, 0.6) is 0 Å². The van der Waals surface area contributed by atoms with E-state index in [1.165, 1.54) is 44.9 Å². The van der Waals surface area contributed by atoms with Gasteiger partial charge in [0.25, 0.3) is 0 Å². The molecule has 0 heterocycles. The van der Waals surface area contributed by atoms with E-state index in [4.69, 9.17) is 0 Å². The van der Waals surface area contributed by atoms with Crippen molar-refractivity contribution in [3.63, 3.8) is 0 Å². The highest BCUT2D eigenvalue weighted by Gasteiger charge is 1.85. The van der Waals surface area contributed by atoms with Crippen LogP contribution in [0.4, 0.5) is 0 Å². The molecule has 120 valence electrons. The van der Waals surface area contributed by atoms with Gasteiger partial charge in [0.05, 0.1) is 0 Å². The summed E-state index contributed by atoms with van der Waals surface area (Å²) in [6.07, 6.45) is 9.97. The Morgan fingerprint density at radius 1 is 0.526 bits per heavy atom. The summed E-state index contributed by atoms with van der Waals surface area (Å²) in [7, 11) is 0. The molecule has 0 saturated heterocycles. The minimum Gasteiger partial charge on any atom is -0.106 e. The smallest absolute Gasteiger partial charge is 0.0500 e. The second-order valence-electron chi connectivity index (χ2n) is 6.23. The van der Waals surface area contributed by atoms with E-state index in [-0.39, 0.29) is 0 Å². The van der Waals surface area contributed by atoms with E-state index in [9.17, 15) is 0 Å². The van der Waals surface area contributed by atoms with Gasteiger partial charge >= 0.3 is 0 Å². The zero-order valence-corrected chi connectivity index (χ0v) is 15.5. The number of hydrogen-bond donors (Lipinski definition) is 0. The molecular formula is C19H44. The maximum atomic E-state index is 3.00. The average molecular weight is 273 g/mol. The van der Waals surface area contributed by atoms with Crippen LogP contribution in [-0.4, -0.2) is 0 Å². The van der Waals surface area contributed by atoms with Crippen LogP contribution in [0.3, 0.4) is 0 Å². The van der Waals surface area contributed by atoms with Crippen LogP contribution in [-0.2, 0) is 0 Å². The van der Waals surface area contributed by atoms with Gasteiger partial charge in [-0.05, 0) is 11.8 Å². The molecule has 0 aromatic carbocycles. The average Bonchev–Trinajstić information content (AvgIpc) is 2.30. The maximum absolute atomic E-state index is 3.00. The Bertz CT molecular complexity index is 85.1. The second-order valence-corrected chi connectivity index (χ2v) is 6.23. The minimum atomic E-state index is 0.833. The van der Waals surface area contributed by atoms with Crippen LogP contribution < -0.4 is 0 Å². The third-order valence-electron chi connectivity index (χ3n) is 1.71. The molecule has 0 saturated carbocycles. The first-order chi connectivity index (χ1) is 8.88. The lowest BCUT2D eigenvalue weighted by Gasteiger charge is -1.96. The van der Waals surface area contributed by atoms with Gasteiger partial charge in [-0.25, -0.2) is 0 Å². The summed E-state index contributed by atoms with van der Waals surface area (Å²) in [4.78, 5) is 0. The van der Waals surface area contributed by atoms with Gasteiger partial charge in [-0.15, -0.1) is 13.2 Å². The fraction of sp³-hybridized carbons (Fsp3) is 0.895. The number of hydrogen-bond acceptors (Lipinski definition) is 0. The van der Waals surface area contributed by atoms with Crippen LogP contribution in [0.25, 0.3) is 0 Å². The molecule has 19 heavy (non-hydrogen) atoms. The normalized spacial score (nSPS) is 8.74. The highest BCUT2D eigenvalue weighted by atomic mass is 13.9. The Hall–Kier alpha value is -0.260. The molecule has 0 heteroatoms. The van der Waals surface area contributed by atoms with Crippen molar-refractivity contribution in [2.45, 2.75) is 100 Å². The molecule has 0 N–H and O–H groups in total. The molecule has 0 rings (SSSR count). The Morgan fingerprint density at radius 3 is 0.842 bits per heavy atom. The van der Waals surface area contributed by atoms with Crippen LogP contribution in [0.1, 0.15) is 100 Å². The van der Waals surface area contributed by atoms with Crippen LogP contribution >= 0.6 is 0 Å². The van der Waals surface area contributed by atoms with Gasteiger partial charge in [-0.3, -0.25) is 0 Å². The topological polar surface area (TPSA) is 0 Å². The Morgan fingerprint density at radius 2 is 0.684 bits per heavy atom. The summed E-state index contributed by atoms with van der Waals surface area (Å²) in [5.74, 6) is 1.67. The molecule has 0 atom stereocenters. The first-order valence-corrected chi connectivity index (χ1v) is 8.38. The lowest BCUT2D eigenvalue weighted by Crippen LogP contribution is -1.76. The van der Waals surface area contributed by atoms with Gasteiger partial charge in [0.1, 0.15) is 0 Å². The first-order valence-electron chi connectivity index (χ1n) is 8.38. The Balaban J connectivity index is -0.0000000944. The first kappa shape index (κ1) is 27.1. The maximum Gasteiger partial charge on any atom is -0.0500 e. The summed E-state index contributed by atoms with van der Waals surface area (Å²) in [6.45, 7) is 23.5. The molecule has 0 aromatic rings. The largest absolute Gasteiger partial charge is 0.106 e. The van der Waals surface area contributed by atoms with Crippen LogP contribution in [0.2, 0.25) is 0 Å². The summed E-state index contributed by atoms with van der Waals surface area (Å²) in [6, 6.07) is 0. The molecule has 0 aliphatic carbocycles. The molecule has 0 fully saturated rings. The third-order valence-corrected chi connectivity index (χ3v) is 1.71. The standard InChI is InChI=1S/C9H20.2C4H10.C2H4/c1-3-5-7-9-8-6-4-2;2*1-4(2)3;1-2/h3-9H2,1-2H3;2*4H,1-3H3;1-2H2. The van der Waals surface area contributed by atoms with E-state index < -0.39 is 0 Å². The van der Waals surface area contributed by atoms with E-state index in [2.05, 4.69) is 68.5 Å². The SMILES string of the molecule is C=C.CC(C)C.CC(C)C.CCCCCCCCC. The van der Waals surface area contributed by atoms with Crippen LogP contribution in [0, 0.1) is 11.8 Å². The van der Waals surface area contributed by atoms with Crippen molar-refractivity contribution in [2.75, 3.05) is 0 Å². The van der Waals surface area contributed by atoms with E-state index in [0.29, 0.717) is 0 Å². The van der Waals surface area contributed by atoms with Crippen molar-refractivity contribution in [3.8, 4) is 0 Å². The van der Waals surface area contributed by atoms with Gasteiger partial charge in [-0.2, -0.15) is 0 Å². The van der Waals surface area contributed by atoms with E-state index in [1.54, 1.807) is 0 Å². The molecule has 0 spiro atoms. The molecule has 0 aliphatic heterocycles. The molecule has 0 amide bonds. The van der Waals surface area contributed by atoms with Crippen molar-refractivity contribution in [3.05, 3.63) is 13.2 Å². The lowest BCUT2D eigenvalue weighted by atomic mass is 10.1. The Kier molecular flexibility index (Phi) is 43.8. The van der Waals surface area contributed by atoms with Crippen molar-refractivity contribution in [1.29, 1.82) is 0 Å². The fourth-order valence-electron chi connectivity index (χ4n) is 1.03. The minimum absolute atomic E-state index is 0.833. The lowest BCUT2D eigenvalue weighted by molar-refractivity contribution is 0.602. The van der Waals surface area contributed by atoms with Crippen LogP contribution in [0.15, 0.2) is 13.2 Å². The summed E-state index contributed by atoms with van der Waals surface area (Å²) < 4.78 is 0. The molecule has 0 aliphatic rings. The predicted molar refractivity (Wildman–Crippen MR) is 95.9 cm³/mol. The summed E-state index contributed by atoms with van der Waals surface area (Å²) in [5.41, 5.74) is 0. The predicted octanol–water partition coefficient (Wildman–Crippen LogP) is 7.88. The van der Waals surface area contributed by atoms with Crippen molar-refractivity contribution in [2.24, 2.45) is 11.8 Å². The molecule has 0 aromatic heterocycles. The van der Waals surface area contributed by atoms with Gasteiger partial charge in [-0.1, -0.05) is 100 Å². The summed E-state index contributed by atoms with van der Waals surface area (Å²) >= 11 is 0. The van der Waals surface area contributed by atoms with E-state index in [0.717, 1.165) is 11.8 Å². The van der Waals surface area contributed by atoms with E-state index in [1.807, 2.05) is 0 Å². The quantitative estimate of drug-likeness (QED) is 0.340. The number of unbranched alkanes of at least 4 members (excludes halogenated alkanes) is 6. The second kappa shape index (κ2) is 30.6. The zero-order chi connectivity index (χ0) is 16.1. The summed E-state index contributed by atoms with van der Waals surface area (Å²) in [5, 5.41) is 0. The van der Waals surface area contributed by atoms with Gasteiger partial charge in [0.2, 0.25) is 0 Å². The van der Waals surface area contributed by atoms with Crippen molar-refractivity contribution in [1.82, 2.24) is 0 Å².